The Morgan fingerprint density at radius 3 is 2.48 bits per heavy atom. The second-order valence-corrected chi connectivity index (χ2v) is 8.16. The van der Waals surface area contributed by atoms with Crippen molar-refractivity contribution < 1.29 is 9.18 Å². The van der Waals surface area contributed by atoms with Gasteiger partial charge in [-0.1, -0.05) is 65.7 Å². The zero-order chi connectivity index (χ0) is 22.9. The number of allylic oxidation sites excluding steroid dienone is 1. The second kappa shape index (κ2) is 8.69. The first-order valence-corrected chi connectivity index (χ1v) is 10.8. The summed E-state index contributed by atoms with van der Waals surface area (Å²) in [4.78, 5) is 17.0. The molecule has 1 atom stereocenters. The summed E-state index contributed by atoms with van der Waals surface area (Å²) in [6.07, 6.45) is 1.97. The summed E-state index contributed by atoms with van der Waals surface area (Å²) in [7, 11) is 0. The first kappa shape index (κ1) is 21.2. The van der Waals surface area contributed by atoms with E-state index in [2.05, 4.69) is 20.7 Å². The minimum Gasteiger partial charge on any atom is -0.324 e. The Kier molecular flexibility index (Phi) is 5.58. The molecule has 0 saturated carbocycles. The summed E-state index contributed by atoms with van der Waals surface area (Å²) in [5.41, 5.74) is 2.39. The minimum atomic E-state index is -0.642. The van der Waals surface area contributed by atoms with Crippen LogP contribution in [0.15, 0.2) is 78.9 Å². The Bertz CT molecular complexity index is 1380. The molecule has 1 aromatic heterocycles. The average molecular weight is 480 g/mol. The van der Waals surface area contributed by atoms with Crippen LogP contribution >= 0.6 is 23.2 Å². The van der Waals surface area contributed by atoms with E-state index in [1.807, 2.05) is 36.4 Å². The zero-order valence-corrected chi connectivity index (χ0v) is 18.5. The van der Waals surface area contributed by atoms with Crippen molar-refractivity contribution in [1.29, 1.82) is 0 Å². The maximum atomic E-state index is 14.0. The van der Waals surface area contributed by atoms with Crippen molar-refractivity contribution in [2.75, 3.05) is 10.6 Å². The summed E-state index contributed by atoms with van der Waals surface area (Å²) in [6.45, 7) is 0. The molecule has 5 rings (SSSR count). The van der Waals surface area contributed by atoms with E-state index in [4.69, 9.17) is 23.2 Å². The largest absolute Gasteiger partial charge is 0.324 e. The molecule has 2 N–H and O–H groups in total. The standard InChI is InChI=1S/C24H16Cl2FN5O/c25-15-11-9-14(10-12-15)20-13-21(16-5-1-3-7-18(16)26)32-24(28-20)30-23(31-32)29-22(33)17-6-2-4-8-19(17)27/h1-13,21H,(H2,28,29,30,31,33). The Morgan fingerprint density at radius 1 is 1.00 bits per heavy atom. The van der Waals surface area contributed by atoms with Crippen molar-refractivity contribution in [1.82, 2.24) is 14.8 Å². The molecule has 6 nitrogen and oxygen atoms in total. The quantitative estimate of drug-likeness (QED) is 0.374. The molecule has 0 spiro atoms. The van der Waals surface area contributed by atoms with E-state index < -0.39 is 17.8 Å². The minimum absolute atomic E-state index is 0.0357. The highest BCUT2D eigenvalue weighted by Gasteiger charge is 2.27. The fourth-order valence-electron chi connectivity index (χ4n) is 3.59. The van der Waals surface area contributed by atoms with Crippen molar-refractivity contribution >= 4 is 46.7 Å². The van der Waals surface area contributed by atoms with Crippen LogP contribution in [0.4, 0.5) is 16.3 Å². The summed E-state index contributed by atoms with van der Waals surface area (Å²) in [6, 6.07) is 20.1. The molecule has 0 bridgehead atoms. The molecule has 1 amide bonds. The molecule has 2 heterocycles. The van der Waals surface area contributed by atoms with Gasteiger partial charge in [0.25, 0.3) is 11.9 Å². The Hall–Kier alpha value is -3.68. The summed E-state index contributed by atoms with van der Waals surface area (Å²) >= 11 is 12.5. The highest BCUT2D eigenvalue weighted by atomic mass is 35.5. The molecule has 1 unspecified atom stereocenters. The summed E-state index contributed by atoms with van der Waals surface area (Å²) < 4.78 is 15.6. The first-order chi connectivity index (χ1) is 16.0. The number of benzene rings is 3. The Labute approximate surface area is 198 Å². The third-order valence-electron chi connectivity index (χ3n) is 5.19. The predicted octanol–water partition coefficient (Wildman–Crippen LogP) is 6.03. The van der Waals surface area contributed by atoms with E-state index in [1.54, 1.807) is 28.9 Å². The van der Waals surface area contributed by atoms with Crippen LogP contribution in [-0.4, -0.2) is 20.7 Å². The van der Waals surface area contributed by atoms with Gasteiger partial charge in [0.1, 0.15) is 11.9 Å². The monoisotopic (exact) mass is 479 g/mol. The van der Waals surface area contributed by atoms with Crippen LogP contribution in [0.5, 0.6) is 0 Å². The predicted molar refractivity (Wildman–Crippen MR) is 127 cm³/mol. The van der Waals surface area contributed by atoms with E-state index in [1.165, 1.54) is 18.2 Å². The molecular weight excluding hydrogens is 464 g/mol. The third-order valence-corrected chi connectivity index (χ3v) is 5.78. The fourth-order valence-corrected chi connectivity index (χ4v) is 3.97. The van der Waals surface area contributed by atoms with Gasteiger partial charge in [0.2, 0.25) is 5.95 Å². The van der Waals surface area contributed by atoms with Gasteiger partial charge in [0, 0.05) is 15.7 Å². The normalized spacial score (nSPS) is 14.8. The van der Waals surface area contributed by atoms with Gasteiger partial charge in [-0.2, -0.15) is 4.98 Å². The number of halogens is 3. The van der Waals surface area contributed by atoms with Gasteiger partial charge in [-0.15, -0.1) is 5.10 Å². The second-order valence-electron chi connectivity index (χ2n) is 7.32. The number of hydrogen-bond acceptors (Lipinski definition) is 4. The molecule has 1 aliphatic heterocycles. The zero-order valence-electron chi connectivity index (χ0n) is 17.0. The number of anilines is 2. The Balaban J connectivity index is 1.53. The molecule has 0 saturated heterocycles. The van der Waals surface area contributed by atoms with Gasteiger partial charge < -0.3 is 5.32 Å². The lowest BCUT2D eigenvalue weighted by atomic mass is 10.0. The molecule has 33 heavy (non-hydrogen) atoms. The lowest BCUT2D eigenvalue weighted by molar-refractivity contribution is 0.102. The number of carbonyl (C=O) groups is 1. The van der Waals surface area contributed by atoms with Gasteiger partial charge in [-0.3, -0.25) is 10.1 Å². The molecule has 3 aromatic carbocycles. The lowest BCUT2D eigenvalue weighted by Crippen LogP contribution is -2.20. The van der Waals surface area contributed by atoms with Crippen LogP contribution in [0, 0.1) is 5.82 Å². The number of nitrogens with one attached hydrogen (secondary N) is 2. The number of amides is 1. The number of fused-ring (bicyclic) bond motifs is 1. The maximum absolute atomic E-state index is 14.0. The van der Waals surface area contributed by atoms with Gasteiger partial charge in [0.05, 0.1) is 5.56 Å². The van der Waals surface area contributed by atoms with Crippen molar-refractivity contribution in [2.24, 2.45) is 0 Å². The number of aromatic nitrogens is 3. The molecule has 4 aromatic rings. The van der Waals surface area contributed by atoms with Gasteiger partial charge in [0.15, 0.2) is 0 Å². The molecule has 164 valence electrons. The molecule has 0 aliphatic carbocycles. The molecular formula is C24H16Cl2FN5O. The molecule has 0 fully saturated rings. The smallest absolute Gasteiger partial charge is 0.261 e. The molecule has 0 radical (unpaired) electrons. The van der Waals surface area contributed by atoms with E-state index in [0.29, 0.717) is 16.0 Å². The van der Waals surface area contributed by atoms with Crippen LogP contribution in [-0.2, 0) is 0 Å². The summed E-state index contributed by atoms with van der Waals surface area (Å²) in [5, 5.41) is 11.4. The highest BCUT2D eigenvalue weighted by Crippen LogP contribution is 2.36. The van der Waals surface area contributed by atoms with E-state index in [-0.39, 0.29) is 11.5 Å². The van der Waals surface area contributed by atoms with Crippen LogP contribution < -0.4 is 10.6 Å². The molecule has 1 aliphatic rings. The Morgan fingerprint density at radius 2 is 1.73 bits per heavy atom. The SMILES string of the molecule is O=C(Nc1nc2n(n1)C(c1ccccc1Cl)C=C(c1ccc(Cl)cc1)N2)c1ccccc1F. The van der Waals surface area contributed by atoms with E-state index >= 15 is 0 Å². The number of nitrogens with zero attached hydrogens (tertiary/aromatic N) is 3. The van der Waals surface area contributed by atoms with Crippen LogP contribution in [0.3, 0.4) is 0 Å². The number of hydrogen-bond donors (Lipinski definition) is 2. The van der Waals surface area contributed by atoms with Gasteiger partial charge in [-0.05, 0) is 47.5 Å². The average Bonchev–Trinajstić information content (AvgIpc) is 3.22. The number of carbonyl (C=O) groups excluding carboxylic acids is 1. The highest BCUT2D eigenvalue weighted by molar-refractivity contribution is 6.31. The number of rotatable bonds is 4. The molecule has 9 heteroatoms. The van der Waals surface area contributed by atoms with Crippen LogP contribution in [0.2, 0.25) is 10.0 Å². The topological polar surface area (TPSA) is 71.8 Å². The van der Waals surface area contributed by atoms with Crippen molar-refractivity contribution in [3.8, 4) is 0 Å². The maximum Gasteiger partial charge on any atom is 0.261 e. The van der Waals surface area contributed by atoms with E-state index in [9.17, 15) is 9.18 Å². The van der Waals surface area contributed by atoms with E-state index in [0.717, 1.165) is 16.8 Å². The van der Waals surface area contributed by atoms with Crippen molar-refractivity contribution in [3.63, 3.8) is 0 Å². The van der Waals surface area contributed by atoms with Gasteiger partial charge in [-0.25, -0.2) is 9.07 Å². The first-order valence-electron chi connectivity index (χ1n) is 10.0. The van der Waals surface area contributed by atoms with Crippen LogP contribution in [0.1, 0.15) is 27.5 Å². The summed E-state index contributed by atoms with van der Waals surface area (Å²) in [5.74, 6) is -0.835. The third kappa shape index (κ3) is 4.20. The van der Waals surface area contributed by atoms with Crippen molar-refractivity contribution in [3.05, 3.63) is 111 Å². The van der Waals surface area contributed by atoms with Crippen LogP contribution in [0.25, 0.3) is 5.70 Å². The lowest BCUT2D eigenvalue weighted by Gasteiger charge is -2.24. The fraction of sp³-hybridized carbons (Fsp3) is 0.0417. The van der Waals surface area contributed by atoms with Crippen molar-refractivity contribution in [2.45, 2.75) is 6.04 Å². The van der Waals surface area contributed by atoms with Gasteiger partial charge >= 0.3 is 0 Å².